The molecule has 0 aliphatic heterocycles. The molecule has 3 nitrogen and oxygen atoms in total. The van der Waals surface area contributed by atoms with Crippen molar-refractivity contribution in [3.05, 3.63) is 27.7 Å². The number of carbonyl (C=O) groups excluding carboxylic acids is 1. The maximum Gasteiger partial charge on any atom is 0.242 e. The summed E-state index contributed by atoms with van der Waals surface area (Å²) in [5.41, 5.74) is 5.25. The van der Waals surface area contributed by atoms with Crippen molar-refractivity contribution >= 4 is 39.1 Å². The Hall–Kier alpha value is -0.740. The van der Waals surface area contributed by atoms with Gasteiger partial charge in [0.2, 0.25) is 5.91 Å². The molecule has 3 N–H and O–H groups in total. The first-order valence-corrected chi connectivity index (χ1v) is 5.53. The quantitative estimate of drug-likeness (QED) is 0.900. The van der Waals surface area contributed by atoms with Crippen molar-refractivity contribution in [3.63, 3.8) is 0 Å². The lowest BCUT2D eigenvalue weighted by Crippen LogP contribution is -2.45. The smallest absolute Gasteiger partial charge is 0.242 e. The SMILES string of the molecule is CC(C)(Nc1ccc(Cl)c(Br)c1)C(N)=O. The van der Waals surface area contributed by atoms with E-state index in [1.807, 2.05) is 0 Å². The molecule has 0 heterocycles. The van der Waals surface area contributed by atoms with Gasteiger partial charge in [-0.15, -0.1) is 0 Å². The molecule has 0 bridgehead atoms. The van der Waals surface area contributed by atoms with Gasteiger partial charge in [-0.3, -0.25) is 4.79 Å². The van der Waals surface area contributed by atoms with E-state index in [9.17, 15) is 4.79 Å². The van der Waals surface area contributed by atoms with Crippen LogP contribution in [0.25, 0.3) is 0 Å². The second kappa shape index (κ2) is 4.41. The molecule has 1 amide bonds. The Morgan fingerprint density at radius 2 is 2.13 bits per heavy atom. The monoisotopic (exact) mass is 290 g/mol. The molecule has 1 rings (SSSR count). The van der Waals surface area contributed by atoms with Gasteiger partial charge < -0.3 is 11.1 Å². The van der Waals surface area contributed by atoms with Gasteiger partial charge in [-0.25, -0.2) is 0 Å². The number of rotatable bonds is 3. The predicted molar refractivity (Wildman–Crippen MR) is 66.0 cm³/mol. The van der Waals surface area contributed by atoms with E-state index < -0.39 is 11.4 Å². The second-order valence-corrected chi connectivity index (χ2v) is 5.00. The molecule has 5 heteroatoms. The molecule has 0 saturated heterocycles. The molecule has 15 heavy (non-hydrogen) atoms. The van der Waals surface area contributed by atoms with Crippen LogP contribution in [0.2, 0.25) is 5.02 Å². The van der Waals surface area contributed by atoms with Gasteiger partial charge in [0, 0.05) is 10.2 Å². The van der Waals surface area contributed by atoms with Crippen LogP contribution in [0.5, 0.6) is 0 Å². The number of halogens is 2. The van der Waals surface area contributed by atoms with Gasteiger partial charge in [0.15, 0.2) is 0 Å². The van der Waals surface area contributed by atoms with Crippen LogP contribution in [-0.4, -0.2) is 11.4 Å². The predicted octanol–water partition coefficient (Wildman–Crippen LogP) is 2.78. The molecular weight excluding hydrogens is 279 g/mol. The molecular formula is C10H12BrClN2O. The molecule has 0 unspecified atom stereocenters. The van der Waals surface area contributed by atoms with Crippen molar-refractivity contribution in [1.82, 2.24) is 0 Å². The minimum atomic E-state index is -0.784. The highest BCUT2D eigenvalue weighted by Crippen LogP contribution is 2.26. The first-order chi connectivity index (χ1) is 6.83. The molecule has 0 aromatic heterocycles. The van der Waals surface area contributed by atoms with Gasteiger partial charge >= 0.3 is 0 Å². The summed E-state index contributed by atoms with van der Waals surface area (Å²) in [4.78, 5) is 11.1. The average molecular weight is 292 g/mol. The Bertz CT molecular complexity index is 393. The highest BCUT2D eigenvalue weighted by atomic mass is 79.9. The van der Waals surface area contributed by atoms with E-state index in [1.165, 1.54) is 0 Å². The zero-order valence-corrected chi connectivity index (χ0v) is 10.8. The number of nitrogens with one attached hydrogen (secondary N) is 1. The summed E-state index contributed by atoms with van der Waals surface area (Å²) < 4.78 is 0.773. The molecule has 0 atom stereocenters. The normalized spacial score (nSPS) is 11.2. The number of anilines is 1. The van der Waals surface area contributed by atoms with Crippen LogP contribution in [0, 0.1) is 0 Å². The van der Waals surface area contributed by atoms with Gasteiger partial charge in [0.1, 0.15) is 5.54 Å². The molecule has 0 spiro atoms. The summed E-state index contributed by atoms with van der Waals surface area (Å²) in [5, 5.41) is 3.65. The number of hydrogen-bond acceptors (Lipinski definition) is 2. The van der Waals surface area contributed by atoms with E-state index in [0.29, 0.717) is 5.02 Å². The van der Waals surface area contributed by atoms with Gasteiger partial charge in [-0.2, -0.15) is 0 Å². The summed E-state index contributed by atoms with van der Waals surface area (Å²) in [6.45, 7) is 3.44. The van der Waals surface area contributed by atoms with Gasteiger partial charge in [0.25, 0.3) is 0 Å². The minimum Gasteiger partial charge on any atom is -0.372 e. The highest BCUT2D eigenvalue weighted by molar-refractivity contribution is 9.10. The van der Waals surface area contributed by atoms with Crippen LogP contribution in [0.3, 0.4) is 0 Å². The van der Waals surface area contributed by atoms with E-state index in [0.717, 1.165) is 10.2 Å². The van der Waals surface area contributed by atoms with E-state index >= 15 is 0 Å². The Balaban J connectivity index is 2.91. The third-order valence-electron chi connectivity index (χ3n) is 1.99. The fourth-order valence-electron chi connectivity index (χ4n) is 0.996. The number of carbonyl (C=O) groups is 1. The van der Waals surface area contributed by atoms with Crippen LogP contribution in [-0.2, 0) is 4.79 Å². The van der Waals surface area contributed by atoms with Crippen LogP contribution >= 0.6 is 27.5 Å². The van der Waals surface area contributed by atoms with Crippen LogP contribution < -0.4 is 11.1 Å². The van der Waals surface area contributed by atoms with Gasteiger partial charge in [-0.1, -0.05) is 11.6 Å². The van der Waals surface area contributed by atoms with Crippen LogP contribution in [0.4, 0.5) is 5.69 Å². The van der Waals surface area contributed by atoms with Crippen molar-refractivity contribution in [3.8, 4) is 0 Å². The van der Waals surface area contributed by atoms with E-state index in [-0.39, 0.29) is 0 Å². The van der Waals surface area contributed by atoms with Gasteiger partial charge in [0.05, 0.1) is 5.02 Å². The van der Waals surface area contributed by atoms with Gasteiger partial charge in [-0.05, 0) is 48.0 Å². The standard InChI is InChI=1S/C10H12BrClN2O/c1-10(2,9(13)15)14-6-3-4-8(12)7(11)5-6/h3-5,14H,1-2H3,(H2,13,15). The maximum atomic E-state index is 11.1. The molecule has 82 valence electrons. The van der Waals surface area contributed by atoms with Crippen molar-refractivity contribution in [1.29, 1.82) is 0 Å². The highest BCUT2D eigenvalue weighted by Gasteiger charge is 2.24. The van der Waals surface area contributed by atoms with Crippen molar-refractivity contribution in [2.45, 2.75) is 19.4 Å². The zero-order valence-electron chi connectivity index (χ0n) is 8.47. The molecule has 0 saturated carbocycles. The van der Waals surface area contributed by atoms with E-state index in [1.54, 1.807) is 32.0 Å². The van der Waals surface area contributed by atoms with E-state index in [2.05, 4.69) is 21.2 Å². The number of hydrogen-bond donors (Lipinski definition) is 2. The Kier molecular flexibility index (Phi) is 3.62. The zero-order chi connectivity index (χ0) is 11.6. The number of benzene rings is 1. The fraction of sp³-hybridized carbons (Fsp3) is 0.300. The third kappa shape index (κ3) is 3.11. The third-order valence-corrected chi connectivity index (χ3v) is 3.21. The van der Waals surface area contributed by atoms with E-state index in [4.69, 9.17) is 17.3 Å². The summed E-state index contributed by atoms with van der Waals surface area (Å²) in [6.07, 6.45) is 0. The van der Waals surface area contributed by atoms with Crippen molar-refractivity contribution in [2.24, 2.45) is 5.73 Å². The lowest BCUT2D eigenvalue weighted by Gasteiger charge is -2.23. The van der Waals surface area contributed by atoms with Crippen LogP contribution in [0.1, 0.15) is 13.8 Å². The number of nitrogens with two attached hydrogens (primary N) is 1. The minimum absolute atomic E-state index is 0.409. The van der Waals surface area contributed by atoms with Crippen LogP contribution in [0.15, 0.2) is 22.7 Å². The lowest BCUT2D eigenvalue weighted by molar-refractivity contribution is -0.121. The molecule has 0 aliphatic carbocycles. The second-order valence-electron chi connectivity index (χ2n) is 3.74. The maximum absolute atomic E-state index is 11.1. The summed E-state index contributed by atoms with van der Waals surface area (Å²) in [5.74, 6) is -0.409. The Labute approximate surface area is 102 Å². The molecule has 0 fully saturated rings. The fourth-order valence-corrected chi connectivity index (χ4v) is 1.49. The van der Waals surface area contributed by atoms with Crippen molar-refractivity contribution < 1.29 is 4.79 Å². The first-order valence-electron chi connectivity index (χ1n) is 4.36. The molecule has 0 radical (unpaired) electrons. The molecule has 0 aliphatic rings. The topological polar surface area (TPSA) is 55.1 Å². The summed E-state index contributed by atoms with van der Waals surface area (Å²) in [7, 11) is 0. The first kappa shape index (κ1) is 12.3. The largest absolute Gasteiger partial charge is 0.372 e. The summed E-state index contributed by atoms with van der Waals surface area (Å²) in [6, 6.07) is 5.33. The summed E-state index contributed by atoms with van der Waals surface area (Å²) >= 11 is 9.15. The average Bonchev–Trinajstić information content (AvgIpc) is 2.10. The lowest BCUT2D eigenvalue weighted by atomic mass is 10.0. The number of primary amides is 1. The Morgan fingerprint density at radius 1 is 1.53 bits per heavy atom. The Morgan fingerprint density at radius 3 is 2.60 bits per heavy atom. The molecule has 1 aromatic carbocycles. The molecule has 1 aromatic rings. The number of amides is 1. The van der Waals surface area contributed by atoms with Crippen molar-refractivity contribution in [2.75, 3.05) is 5.32 Å².